The molecule has 6 unspecified atom stereocenters. The fraction of sp³-hybridized carbons (Fsp3) is 0.579. The van der Waals surface area contributed by atoms with E-state index in [4.69, 9.17) is 18.9 Å². The SMILES string of the molecule is CC(=O)OC12CC3(C)OC(O1)C1(COC(=O)c4ccc(F)cc4)C2CC31O. The number of hydrogen-bond donors (Lipinski definition) is 1. The summed E-state index contributed by atoms with van der Waals surface area (Å²) in [5.41, 5.74) is -2.99. The van der Waals surface area contributed by atoms with Gasteiger partial charge in [0.25, 0.3) is 0 Å². The van der Waals surface area contributed by atoms with Crippen molar-refractivity contribution in [2.45, 2.75) is 50.0 Å². The van der Waals surface area contributed by atoms with Crippen LogP contribution in [-0.2, 0) is 23.7 Å². The van der Waals surface area contributed by atoms with Crippen molar-refractivity contribution in [3.05, 3.63) is 35.6 Å². The molecule has 8 heteroatoms. The predicted octanol–water partition coefficient (Wildman–Crippen LogP) is 1.53. The van der Waals surface area contributed by atoms with Crippen LogP contribution in [0.5, 0.6) is 0 Å². The predicted molar refractivity (Wildman–Crippen MR) is 85.6 cm³/mol. The quantitative estimate of drug-likeness (QED) is 0.795. The molecule has 144 valence electrons. The lowest BCUT2D eigenvalue weighted by molar-refractivity contribution is -0.384. The number of halogens is 1. The Morgan fingerprint density at radius 1 is 1.30 bits per heavy atom. The van der Waals surface area contributed by atoms with E-state index in [0.29, 0.717) is 6.42 Å². The maximum atomic E-state index is 13.0. The van der Waals surface area contributed by atoms with E-state index < -0.39 is 46.5 Å². The van der Waals surface area contributed by atoms with Gasteiger partial charge in [-0.3, -0.25) is 4.79 Å². The highest BCUT2D eigenvalue weighted by molar-refractivity contribution is 5.89. The second-order valence-corrected chi connectivity index (χ2v) is 8.12. The first kappa shape index (κ1) is 17.1. The maximum Gasteiger partial charge on any atom is 0.338 e. The van der Waals surface area contributed by atoms with Gasteiger partial charge in [-0.2, -0.15) is 0 Å². The Bertz CT molecular complexity index is 856. The van der Waals surface area contributed by atoms with Crippen LogP contribution in [0.2, 0.25) is 0 Å². The molecule has 7 rings (SSSR count). The number of esters is 2. The van der Waals surface area contributed by atoms with Crippen molar-refractivity contribution in [2.75, 3.05) is 6.61 Å². The molecular weight excluding hydrogens is 359 g/mol. The minimum Gasteiger partial charge on any atom is -0.461 e. The molecule has 6 atom stereocenters. The number of rotatable bonds is 4. The molecule has 3 aliphatic heterocycles. The van der Waals surface area contributed by atoms with Crippen molar-refractivity contribution < 1.29 is 38.0 Å². The Kier molecular flexibility index (Phi) is 3.08. The van der Waals surface area contributed by atoms with Crippen LogP contribution in [0, 0.1) is 17.2 Å². The molecule has 0 radical (unpaired) electrons. The molecule has 1 aromatic rings. The van der Waals surface area contributed by atoms with Crippen molar-refractivity contribution in [1.29, 1.82) is 0 Å². The fourth-order valence-electron chi connectivity index (χ4n) is 5.61. The molecule has 6 bridgehead atoms. The second kappa shape index (κ2) is 4.87. The van der Waals surface area contributed by atoms with Crippen LogP contribution in [0.1, 0.15) is 37.0 Å². The number of benzene rings is 1. The summed E-state index contributed by atoms with van der Waals surface area (Å²) in [6.07, 6.45) is -0.271. The van der Waals surface area contributed by atoms with Crippen LogP contribution in [0.4, 0.5) is 4.39 Å². The maximum absolute atomic E-state index is 13.0. The van der Waals surface area contributed by atoms with E-state index in [1.165, 1.54) is 31.2 Å². The van der Waals surface area contributed by atoms with Crippen molar-refractivity contribution in [2.24, 2.45) is 11.3 Å². The standard InChI is InChI=1S/C19H19FO7/c1-10(21)25-18-8-16(2)19(23)7-13(18)17(19,15(26-16)27-18)9-24-14(22)11-3-5-12(20)6-4-11/h3-6,13,15,23H,7-9H2,1-2H3. The number of aliphatic hydroxyl groups is 1. The molecular formula is C19H19FO7. The van der Waals surface area contributed by atoms with Gasteiger partial charge in [0.1, 0.15) is 23.6 Å². The zero-order valence-electron chi connectivity index (χ0n) is 14.9. The molecule has 3 saturated heterocycles. The largest absolute Gasteiger partial charge is 0.461 e. The molecule has 7 nitrogen and oxygen atoms in total. The Morgan fingerprint density at radius 3 is 2.67 bits per heavy atom. The third-order valence-corrected chi connectivity index (χ3v) is 6.81. The molecule has 27 heavy (non-hydrogen) atoms. The number of ether oxygens (including phenoxy) is 4. The van der Waals surface area contributed by atoms with Crippen LogP contribution < -0.4 is 0 Å². The van der Waals surface area contributed by atoms with Crippen LogP contribution in [-0.4, -0.2) is 46.9 Å². The summed E-state index contributed by atoms with van der Waals surface area (Å²) in [7, 11) is 0. The Hall–Kier alpha value is -2.03. The zero-order chi connectivity index (χ0) is 19.2. The lowest BCUT2D eigenvalue weighted by Gasteiger charge is -2.65. The first-order valence-corrected chi connectivity index (χ1v) is 8.86. The van der Waals surface area contributed by atoms with E-state index in [9.17, 15) is 19.1 Å². The highest BCUT2D eigenvalue weighted by atomic mass is 19.1. The van der Waals surface area contributed by atoms with Gasteiger partial charge in [-0.25, -0.2) is 9.18 Å². The van der Waals surface area contributed by atoms with Crippen molar-refractivity contribution in [1.82, 2.24) is 0 Å². The molecule has 3 aliphatic carbocycles. The highest BCUT2D eigenvalue weighted by Crippen LogP contribution is 2.81. The molecule has 0 spiro atoms. The highest BCUT2D eigenvalue weighted by Gasteiger charge is 2.94. The average molecular weight is 378 g/mol. The third kappa shape index (κ3) is 1.81. The van der Waals surface area contributed by atoms with Gasteiger partial charge in [-0.05, 0) is 37.6 Å². The summed E-state index contributed by atoms with van der Waals surface area (Å²) < 4.78 is 35.9. The van der Waals surface area contributed by atoms with Crippen LogP contribution in [0.3, 0.4) is 0 Å². The number of hydrogen-bond acceptors (Lipinski definition) is 7. The van der Waals surface area contributed by atoms with Crippen molar-refractivity contribution in [3.63, 3.8) is 0 Å². The molecule has 6 fully saturated rings. The Balaban J connectivity index is 1.43. The van der Waals surface area contributed by atoms with Gasteiger partial charge < -0.3 is 24.1 Å². The molecule has 1 N–H and O–H groups in total. The Labute approximate surface area is 154 Å². The van der Waals surface area contributed by atoms with E-state index in [2.05, 4.69) is 0 Å². The normalized spacial score (nSPS) is 45.5. The third-order valence-electron chi connectivity index (χ3n) is 6.81. The van der Waals surface area contributed by atoms with Gasteiger partial charge in [0.05, 0.1) is 11.0 Å². The molecule has 0 aromatic heterocycles. The molecule has 6 aliphatic rings. The zero-order valence-corrected chi connectivity index (χ0v) is 14.9. The van der Waals surface area contributed by atoms with E-state index in [1.54, 1.807) is 6.92 Å². The average Bonchev–Trinajstić information content (AvgIpc) is 2.78. The van der Waals surface area contributed by atoms with Gasteiger partial charge in [-0.1, -0.05) is 0 Å². The topological polar surface area (TPSA) is 91.3 Å². The van der Waals surface area contributed by atoms with Crippen molar-refractivity contribution >= 4 is 11.9 Å². The van der Waals surface area contributed by atoms with Gasteiger partial charge in [0, 0.05) is 19.3 Å². The summed E-state index contributed by atoms with van der Waals surface area (Å²) in [6, 6.07) is 5.01. The van der Waals surface area contributed by atoms with E-state index in [0.717, 1.165) is 0 Å². The minimum atomic E-state index is -1.24. The summed E-state index contributed by atoms with van der Waals surface area (Å²) in [6.45, 7) is 2.92. The first-order chi connectivity index (χ1) is 12.7. The summed E-state index contributed by atoms with van der Waals surface area (Å²) >= 11 is 0. The monoisotopic (exact) mass is 378 g/mol. The van der Waals surface area contributed by atoms with E-state index in [1.807, 2.05) is 0 Å². The fourth-order valence-corrected chi connectivity index (χ4v) is 5.61. The number of carbonyl (C=O) groups excluding carboxylic acids is 2. The summed E-state index contributed by atoms with van der Waals surface area (Å²) in [4.78, 5) is 24.0. The second-order valence-electron chi connectivity index (χ2n) is 8.12. The van der Waals surface area contributed by atoms with E-state index >= 15 is 0 Å². The van der Waals surface area contributed by atoms with Gasteiger partial charge in [0.15, 0.2) is 6.29 Å². The molecule has 3 saturated carbocycles. The van der Waals surface area contributed by atoms with Crippen LogP contribution >= 0.6 is 0 Å². The first-order valence-electron chi connectivity index (χ1n) is 8.86. The van der Waals surface area contributed by atoms with Gasteiger partial charge in [-0.15, -0.1) is 0 Å². The molecule has 1 aromatic carbocycles. The lowest BCUT2D eigenvalue weighted by atomic mass is 9.41. The summed E-state index contributed by atoms with van der Waals surface area (Å²) in [5, 5.41) is 11.3. The van der Waals surface area contributed by atoms with Gasteiger partial charge >= 0.3 is 11.9 Å². The van der Waals surface area contributed by atoms with Gasteiger partial charge in [0.2, 0.25) is 5.79 Å². The van der Waals surface area contributed by atoms with Crippen LogP contribution in [0.25, 0.3) is 0 Å². The Morgan fingerprint density at radius 2 is 2.00 bits per heavy atom. The molecule has 3 heterocycles. The smallest absolute Gasteiger partial charge is 0.338 e. The molecule has 0 amide bonds. The lowest BCUT2D eigenvalue weighted by Crippen LogP contribution is -2.79. The minimum absolute atomic E-state index is 0.145. The van der Waals surface area contributed by atoms with Crippen LogP contribution in [0.15, 0.2) is 24.3 Å². The van der Waals surface area contributed by atoms with E-state index in [-0.39, 0.29) is 24.5 Å². The van der Waals surface area contributed by atoms with Crippen molar-refractivity contribution in [3.8, 4) is 0 Å². The number of carbonyl (C=O) groups is 2. The summed E-state index contributed by atoms with van der Waals surface area (Å²) in [5.74, 6) is -3.07.